The highest BCUT2D eigenvalue weighted by Gasteiger charge is 2.10. The topological polar surface area (TPSA) is 59.1 Å². The lowest BCUT2D eigenvalue weighted by Gasteiger charge is -2.13. The normalized spacial score (nSPS) is 10.2. The number of ether oxygens (including phenoxy) is 1. The van der Waals surface area contributed by atoms with Crippen molar-refractivity contribution in [3.63, 3.8) is 0 Å². The maximum absolute atomic E-state index is 12.8. The van der Waals surface area contributed by atoms with Crippen LogP contribution in [0.5, 0.6) is 5.75 Å². The molecular formula is C15H19FN4O. The average molecular weight is 290 g/mol. The van der Waals surface area contributed by atoms with Gasteiger partial charge >= 0.3 is 0 Å². The monoisotopic (exact) mass is 290 g/mol. The van der Waals surface area contributed by atoms with Crippen LogP contribution in [0.4, 0.5) is 16.0 Å². The molecule has 0 saturated carbocycles. The van der Waals surface area contributed by atoms with Crippen molar-refractivity contribution in [2.75, 3.05) is 30.8 Å². The van der Waals surface area contributed by atoms with Gasteiger partial charge in [-0.15, -0.1) is 0 Å². The number of methoxy groups -OCH3 is 1. The van der Waals surface area contributed by atoms with Gasteiger partial charge in [-0.05, 0) is 31.0 Å². The van der Waals surface area contributed by atoms with E-state index >= 15 is 0 Å². The van der Waals surface area contributed by atoms with Gasteiger partial charge in [0.25, 0.3) is 0 Å². The number of halogens is 1. The molecule has 2 N–H and O–H groups in total. The summed E-state index contributed by atoms with van der Waals surface area (Å²) in [5.74, 6) is 1.68. The van der Waals surface area contributed by atoms with Crippen molar-refractivity contribution in [3.05, 3.63) is 42.0 Å². The number of nitrogens with one attached hydrogen (secondary N) is 2. The summed E-state index contributed by atoms with van der Waals surface area (Å²) in [6.45, 7) is 3.41. The van der Waals surface area contributed by atoms with Crippen LogP contribution in [0.2, 0.25) is 0 Å². The van der Waals surface area contributed by atoms with E-state index in [1.54, 1.807) is 19.2 Å². The molecule has 5 nitrogen and oxygen atoms in total. The minimum atomic E-state index is -0.223. The molecule has 1 aromatic heterocycles. The van der Waals surface area contributed by atoms with Gasteiger partial charge < -0.3 is 15.4 Å². The van der Waals surface area contributed by atoms with Crippen LogP contribution >= 0.6 is 0 Å². The number of anilines is 2. The van der Waals surface area contributed by atoms with Crippen molar-refractivity contribution in [1.82, 2.24) is 9.97 Å². The number of benzene rings is 1. The van der Waals surface area contributed by atoms with E-state index in [4.69, 9.17) is 4.74 Å². The van der Waals surface area contributed by atoms with Crippen molar-refractivity contribution >= 4 is 11.6 Å². The predicted molar refractivity (Wildman–Crippen MR) is 81.3 cm³/mol. The first kappa shape index (κ1) is 15.0. The first-order valence-electron chi connectivity index (χ1n) is 6.85. The van der Waals surface area contributed by atoms with Crippen LogP contribution < -0.4 is 15.4 Å². The maximum atomic E-state index is 12.8. The molecule has 0 saturated heterocycles. The summed E-state index contributed by atoms with van der Waals surface area (Å²) in [5, 5.41) is 6.34. The number of hydrogen-bond donors (Lipinski definition) is 2. The third kappa shape index (κ3) is 4.05. The summed E-state index contributed by atoms with van der Waals surface area (Å²) in [5.41, 5.74) is 1.06. The number of nitrogens with zero attached hydrogens (tertiary/aromatic N) is 2. The van der Waals surface area contributed by atoms with Crippen LogP contribution in [-0.4, -0.2) is 30.2 Å². The Balaban J connectivity index is 1.99. The molecule has 0 bridgehead atoms. The summed E-state index contributed by atoms with van der Waals surface area (Å²) in [4.78, 5) is 8.34. The Labute approximate surface area is 123 Å². The summed E-state index contributed by atoms with van der Waals surface area (Å²) in [6.07, 6.45) is 2.25. The fourth-order valence-corrected chi connectivity index (χ4v) is 1.96. The van der Waals surface area contributed by atoms with Crippen molar-refractivity contribution < 1.29 is 9.13 Å². The molecule has 0 atom stereocenters. The molecule has 0 spiro atoms. The van der Waals surface area contributed by atoms with E-state index in [2.05, 4.69) is 20.6 Å². The first-order chi connectivity index (χ1) is 10.2. The third-order valence-corrected chi connectivity index (χ3v) is 2.97. The molecule has 0 aliphatic carbocycles. The minimum absolute atomic E-state index is 0.223. The Morgan fingerprint density at radius 1 is 1.10 bits per heavy atom. The summed E-state index contributed by atoms with van der Waals surface area (Å²) in [6, 6.07) is 6.48. The molecule has 1 aromatic carbocycles. The fourth-order valence-electron chi connectivity index (χ4n) is 1.96. The fraction of sp³-hybridized carbons (Fsp3) is 0.333. The molecule has 0 aliphatic heterocycles. The lowest BCUT2D eigenvalue weighted by molar-refractivity contribution is 0.414. The zero-order valence-corrected chi connectivity index (χ0v) is 12.2. The SMILES string of the molecule is CCNc1ncnc(NCCc2ccc(F)cc2)c1OC. The molecule has 1 heterocycles. The Kier molecular flexibility index (Phi) is 5.31. The highest BCUT2D eigenvalue weighted by molar-refractivity contribution is 5.63. The van der Waals surface area contributed by atoms with Gasteiger partial charge in [0.15, 0.2) is 11.6 Å². The third-order valence-electron chi connectivity index (χ3n) is 2.97. The highest BCUT2D eigenvalue weighted by Crippen LogP contribution is 2.28. The molecule has 0 radical (unpaired) electrons. The van der Waals surface area contributed by atoms with Gasteiger partial charge in [-0.2, -0.15) is 0 Å². The van der Waals surface area contributed by atoms with Crippen molar-refractivity contribution in [3.8, 4) is 5.75 Å². The van der Waals surface area contributed by atoms with Gasteiger partial charge in [0, 0.05) is 13.1 Å². The Hall–Kier alpha value is -2.37. The van der Waals surface area contributed by atoms with E-state index < -0.39 is 0 Å². The molecule has 21 heavy (non-hydrogen) atoms. The lowest BCUT2D eigenvalue weighted by atomic mass is 10.1. The van der Waals surface area contributed by atoms with Gasteiger partial charge in [0.05, 0.1) is 7.11 Å². The molecule has 0 unspecified atom stereocenters. The summed E-state index contributed by atoms with van der Waals surface area (Å²) < 4.78 is 18.2. The quantitative estimate of drug-likeness (QED) is 0.821. The van der Waals surface area contributed by atoms with Crippen LogP contribution in [-0.2, 0) is 6.42 Å². The summed E-state index contributed by atoms with van der Waals surface area (Å²) >= 11 is 0. The van der Waals surface area contributed by atoms with Gasteiger partial charge in [0.2, 0.25) is 5.75 Å². The zero-order valence-electron chi connectivity index (χ0n) is 12.2. The van der Waals surface area contributed by atoms with Crippen molar-refractivity contribution in [1.29, 1.82) is 0 Å². The second-order valence-electron chi connectivity index (χ2n) is 4.44. The van der Waals surface area contributed by atoms with Crippen LogP contribution in [0.1, 0.15) is 12.5 Å². The smallest absolute Gasteiger partial charge is 0.204 e. The molecule has 112 valence electrons. The lowest BCUT2D eigenvalue weighted by Crippen LogP contribution is -2.10. The highest BCUT2D eigenvalue weighted by atomic mass is 19.1. The van der Waals surface area contributed by atoms with Crippen LogP contribution in [0.25, 0.3) is 0 Å². The molecule has 2 aromatic rings. The number of aromatic nitrogens is 2. The molecule has 6 heteroatoms. The number of rotatable bonds is 7. The largest absolute Gasteiger partial charge is 0.490 e. The van der Waals surface area contributed by atoms with E-state index in [1.807, 2.05) is 6.92 Å². The Morgan fingerprint density at radius 2 is 1.76 bits per heavy atom. The first-order valence-corrected chi connectivity index (χ1v) is 6.85. The molecule has 2 rings (SSSR count). The van der Waals surface area contributed by atoms with Crippen molar-refractivity contribution in [2.24, 2.45) is 0 Å². The van der Waals surface area contributed by atoms with E-state index in [1.165, 1.54) is 18.5 Å². The second kappa shape index (κ2) is 7.42. The molecule has 0 fully saturated rings. The van der Waals surface area contributed by atoms with Gasteiger partial charge in [-0.25, -0.2) is 14.4 Å². The van der Waals surface area contributed by atoms with Gasteiger partial charge in [-0.3, -0.25) is 0 Å². The Morgan fingerprint density at radius 3 is 2.38 bits per heavy atom. The summed E-state index contributed by atoms with van der Waals surface area (Å²) in [7, 11) is 1.59. The predicted octanol–water partition coefficient (Wildman–Crippen LogP) is 2.71. The standard InChI is InChI=1S/C15H19FN4O/c1-3-17-14-13(21-2)15(20-10-19-14)18-9-8-11-4-6-12(16)7-5-11/h4-7,10H,3,8-9H2,1-2H3,(H2,17,18,19,20). The van der Waals surface area contributed by atoms with E-state index in [9.17, 15) is 4.39 Å². The van der Waals surface area contributed by atoms with E-state index in [0.717, 1.165) is 18.5 Å². The maximum Gasteiger partial charge on any atom is 0.204 e. The van der Waals surface area contributed by atoms with Crippen LogP contribution in [0.15, 0.2) is 30.6 Å². The Bertz CT molecular complexity index is 574. The van der Waals surface area contributed by atoms with E-state index in [-0.39, 0.29) is 5.82 Å². The number of hydrogen-bond acceptors (Lipinski definition) is 5. The van der Waals surface area contributed by atoms with Crippen LogP contribution in [0, 0.1) is 5.82 Å². The van der Waals surface area contributed by atoms with Crippen molar-refractivity contribution in [2.45, 2.75) is 13.3 Å². The minimum Gasteiger partial charge on any atom is -0.490 e. The van der Waals surface area contributed by atoms with Gasteiger partial charge in [0.1, 0.15) is 12.1 Å². The van der Waals surface area contributed by atoms with E-state index in [0.29, 0.717) is 23.9 Å². The van der Waals surface area contributed by atoms with Crippen LogP contribution in [0.3, 0.4) is 0 Å². The molecule has 0 aliphatic rings. The van der Waals surface area contributed by atoms with Gasteiger partial charge in [-0.1, -0.05) is 12.1 Å². The molecule has 0 amide bonds. The zero-order chi connectivity index (χ0) is 15.1. The average Bonchev–Trinajstić information content (AvgIpc) is 2.50. The second-order valence-corrected chi connectivity index (χ2v) is 4.44. The molecular weight excluding hydrogens is 271 g/mol.